The average molecular weight is 269 g/mol. The summed E-state index contributed by atoms with van der Waals surface area (Å²) in [5, 5.41) is 3.66. The first-order chi connectivity index (χ1) is 9.10. The van der Waals surface area contributed by atoms with Crippen LogP contribution in [0.5, 0.6) is 0 Å². The van der Waals surface area contributed by atoms with Crippen LogP contribution < -0.4 is 5.32 Å². The molecule has 2 saturated heterocycles. The molecule has 4 nitrogen and oxygen atoms in total. The molecule has 1 N–H and O–H groups in total. The highest BCUT2D eigenvalue weighted by molar-refractivity contribution is 4.87. The van der Waals surface area contributed by atoms with Crippen molar-refractivity contribution >= 4 is 0 Å². The Labute approximate surface area is 118 Å². The normalized spacial score (nSPS) is 34.9. The molecule has 4 heteroatoms. The van der Waals surface area contributed by atoms with E-state index < -0.39 is 0 Å². The predicted molar refractivity (Wildman–Crippen MR) is 79.5 cm³/mol. The Kier molecular flexibility index (Phi) is 5.63. The van der Waals surface area contributed by atoms with Crippen LogP contribution in [0.15, 0.2) is 0 Å². The van der Waals surface area contributed by atoms with Crippen molar-refractivity contribution in [2.24, 2.45) is 5.92 Å². The van der Waals surface area contributed by atoms with Gasteiger partial charge in [0.15, 0.2) is 0 Å². The highest BCUT2D eigenvalue weighted by Crippen LogP contribution is 2.15. The van der Waals surface area contributed by atoms with E-state index in [0.29, 0.717) is 24.1 Å². The van der Waals surface area contributed by atoms with Crippen LogP contribution in [0.3, 0.4) is 0 Å². The van der Waals surface area contributed by atoms with E-state index in [1.165, 1.54) is 0 Å². The van der Waals surface area contributed by atoms with E-state index in [2.05, 4.69) is 42.8 Å². The van der Waals surface area contributed by atoms with Crippen LogP contribution in [0.2, 0.25) is 0 Å². The van der Waals surface area contributed by atoms with Gasteiger partial charge in [-0.05, 0) is 19.4 Å². The van der Waals surface area contributed by atoms with Crippen LogP contribution in [0.25, 0.3) is 0 Å². The number of ether oxygens (including phenoxy) is 1. The van der Waals surface area contributed by atoms with Crippen molar-refractivity contribution in [2.45, 2.75) is 45.9 Å². The number of likely N-dealkylation sites (N-methyl/N-ethyl adjacent to an activating group) is 1. The Balaban J connectivity index is 1.85. The third-order valence-electron chi connectivity index (χ3n) is 4.64. The van der Waals surface area contributed by atoms with E-state index in [1.54, 1.807) is 0 Å². The summed E-state index contributed by atoms with van der Waals surface area (Å²) >= 11 is 0. The molecule has 3 unspecified atom stereocenters. The first-order valence-electron chi connectivity index (χ1n) is 7.91. The van der Waals surface area contributed by atoms with Gasteiger partial charge in [-0.2, -0.15) is 0 Å². The maximum Gasteiger partial charge on any atom is 0.0829 e. The van der Waals surface area contributed by atoms with Gasteiger partial charge in [0, 0.05) is 44.8 Å². The molecule has 0 aromatic heterocycles. The van der Waals surface area contributed by atoms with Gasteiger partial charge < -0.3 is 10.1 Å². The molecule has 2 fully saturated rings. The monoisotopic (exact) mass is 269 g/mol. The topological polar surface area (TPSA) is 27.7 Å². The number of nitrogens with one attached hydrogen (secondary N) is 1. The lowest BCUT2D eigenvalue weighted by atomic mass is 9.99. The molecule has 0 aromatic carbocycles. The predicted octanol–water partition coefficient (Wildman–Crippen LogP) is 1.03. The lowest BCUT2D eigenvalue weighted by Crippen LogP contribution is -2.59. The molecule has 2 aliphatic rings. The van der Waals surface area contributed by atoms with Crippen molar-refractivity contribution in [1.82, 2.24) is 15.1 Å². The molecule has 0 saturated carbocycles. The SMILES string of the molecule is CCN1CCOC(CN2CC(C(C)C)NCC2C)C1. The van der Waals surface area contributed by atoms with E-state index in [9.17, 15) is 0 Å². The van der Waals surface area contributed by atoms with Crippen LogP contribution >= 0.6 is 0 Å². The maximum absolute atomic E-state index is 5.95. The number of hydrogen-bond donors (Lipinski definition) is 1. The molecule has 0 amide bonds. The van der Waals surface area contributed by atoms with Crippen molar-refractivity contribution < 1.29 is 4.74 Å². The number of morpholine rings is 1. The average Bonchev–Trinajstić information content (AvgIpc) is 2.41. The molecule has 3 atom stereocenters. The van der Waals surface area contributed by atoms with Gasteiger partial charge in [0.05, 0.1) is 12.7 Å². The van der Waals surface area contributed by atoms with Gasteiger partial charge in [-0.25, -0.2) is 0 Å². The minimum atomic E-state index is 0.391. The zero-order chi connectivity index (χ0) is 13.8. The second-order valence-corrected chi connectivity index (χ2v) is 6.45. The number of rotatable bonds is 4. The van der Waals surface area contributed by atoms with E-state index in [0.717, 1.165) is 45.9 Å². The quantitative estimate of drug-likeness (QED) is 0.825. The molecular weight excluding hydrogens is 238 g/mol. The number of nitrogens with zero attached hydrogens (tertiary/aromatic N) is 2. The second-order valence-electron chi connectivity index (χ2n) is 6.45. The largest absolute Gasteiger partial charge is 0.374 e. The van der Waals surface area contributed by atoms with Crippen LogP contribution in [0.1, 0.15) is 27.7 Å². The minimum absolute atomic E-state index is 0.391. The first-order valence-corrected chi connectivity index (χ1v) is 7.91. The zero-order valence-corrected chi connectivity index (χ0v) is 13.1. The molecular formula is C15H31N3O. The highest BCUT2D eigenvalue weighted by atomic mass is 16.5. The Hall–Kier alpha value is -0.160. The molecule has 0 bridgehead atoms. The van der Waals surface area contributed by atoms with E-state index in [4.69, 9.17) is 4.74 Å². The Morgan fingerprint density at radius 3 is 2.79 bits per heavy atom. The van der Waals surface area contributed by atoms with Crippen LogP contribution in [0.4, 0.5) is 0 Å². The van der Waals surface area contributed by atoms with Crippen molar-refractivity contribution in [2.75, 3.05) is 45.9 Å². The summed E-state index contributed by atoms with van der Waals surface area (Å²) in [5.41, 5.74) is 0. The molecule has 0 spiro atoms. The lowest BCUT2D eigenvalue weighted by molar-refractivity contribution is -0.0517. The van der Waals surface area contributed by atoms with E-state index in [1.807, 2.05) is 0 Å². The summed E-state index contributed by atoms with van der Waals surface area (Å²) in [6.07, 6.45) is 0.391. The third-order valence-corrected chi connectivity index (χ3v) is 4.64. The van der Waals surface area contributed by atoms with Gasteiger partial charge in [0.1, 0.15) is 0 Å². The zero-order valence-electron chi connectivity index (χ0n) is 13.1. The highest BCUT2D eigenvalue weighted by Gasteiger charge is 2.30. The van der Waals surface area contributed by atoms with Crippen molar-refractivity contribution in [1.29, 1.82) is 0 Å². The van der Waals surface area contributed by atoms with Crippen LogP contribution in [0, 0.1) is 5.92 Å². The number of hydrogen-bond acceptors (Lipinski definition) is 4. The van der Waals surface area contributed by atoms with Gasteiger partial charge in [-0.15, -0.1) is 0 Å². The fourth-order valence-electron chi connectivity index (χ4n) is 3.09. The summed E-state index contributed by atoms with van der Waals surface area (Å²) in [6.45, 7) is 16.8. The summed E-state index contributed by atoms with van der Waals surface area (Å²) in [6, 6.07) is 1.25. The van der Waals surface area contributed by atoms with Crippen LogP contribution in [-0.2, 0) is 4.74 Å². The first kappa shape index (κ1) is 15.2. The molecule has 19 heavy (non-hydrogen) atoms. The molecule has 0 radical (unpaired) electrons. The lowest BCUT2D eigenvalue weighted by Gasteiger charge is -2.43. The van der Waals surface area contributed by atoms with Gasteiger partial charge in [0.2, 0.25) is 0 Å². The van der Waals surface area contributed by atoms with Crippen molar-refractivity contribution in [3.63, 3.8) is 0 Å². The van der Waals surface area contributed by atoms with Gasteiger partial charge in [-0.1, -0.05) is 20.8 Å². The van der Waals surface area contributed by atoms with Gasteiger partial charge >= 0.3 is 0 Å². The maximum atomic E-state index is 5.95. The summed E-state index contributed by atoms with van der Waals surface area (Å²) in [7, 11) is 0. The van der Waals surface area contributed by atoms with Crippen molar-refractivity contribution in [3.8, 4) is 0 Å². The van der Waals surface area contributed by atoms with E-state index in [-0.39, 0.29) is 0 Å². The van der Waals surface area contributed by atoms with Crippen LogP contribution in [-0.4, -0.2) is 73.9 Å². The Morgan fingerprint density at radius 2 is 2.11 bits per heavy atom. The standard InChI is InChI=1S/C15H31N3O/c1-5-17-6-7-19-14(9-17)10-18-11-15(12(2)3)16-8-13(18)4/h12-16H,5-11H2,1-4H3. The van der Waals surface area contributed by atoms with E-state index >= 15 is 0 Å². The molecule has 2 aliphatic heterocycles. The Bertz CT molecular complexity index is 272. The summed E-state index contributed by atoms with van der Waals surface area (Å²) in [5.74, 6) is 0.703. The number of piperazine rings is 1. The van der Waals surface area contributed by atoms with Crippen molar-refractivity contribution in [3.05, 3.63) is 0 Å². The van der Waals surface area contributed by atoms with Gasteiger partial charge in [0.25, 0.3) is 0 Å². The molecule has 2 rings (SSSR count). The van der Waals surface area contributed by atoms with Gasteiger partial charge in [-0.3, -0.25) is 9.80 Å². The third kappa shape index (κ3) is 4.15. The fourth-order valence-corrected chi connectivity index (χ4v) is 3.09. The molecule has 0 aromatic rings. The summed E-state index contributed by atoms with van der Waals surface area (Å²) < 4.78 is 5.95. The molecule has 2 heterocycles. The minimum Gasteiger partial charge on any atom is -0.374 e. The fraction of sp³-hybridized carbons (Fsp3) is 1.00. The smallest absolute Gasteiger partial charge is 0.0829 e. The molecule has 0 aliphatic carbocycles. The molecule has 112 valence electrons. The summed E-state index contributed by atoms with van der Waals surface area (Å²) in [4.78, 5) is 5.12. The Morgan fingerprint density at radius 1 is 1.32 bits per heavy atom. The second kappa shape index (κ2) is 7.02.